The Morgan fingerprint density at radius 2 is 2.04 bits per heavy atom. The largest absolute Gasteiger partial charge is 0.471 e. The Labute approximate surface area is 167 Å². The predicted octanol–water partition coefficient (Wildman–Crippen LogP) is 4.85. The van der Waals surface area contributed by atoms with E-state index in [-0.39, 0.29) is 12.6 Å². The Kier molecular flexibility index (Phi) is 4.91. The summed E-state index contributed by atoms with van der Waals surface area (Å²) in [5.41, 5.74) is 2.34. The van der Waals surface area contributed by atoms with Crippen molar-refractivity contribution in [2.45, 2.75) is 13.7 Å². The van der Waals surface area contributed by atoms with Crippen molar-refractivity contribution in [3.8, 4) is 5.75 Å². The second-order valence-corrected chi connectivity index (χ2v) is 7.86. The fraction of sp³-hybridized carbons (Fsp3) is 0.105. The molecule has 6 nitrogen and oxygen atoms in total. The number of fused-ring (bicyclic) bond motifs is 1. The summed E-state index contributed by atoms with van der Waals surface area (Å²) in [6, 6.07) is 15.2. The monoisotopic (exact) mass is 442 g/mol. The number of carbonyl (C=O) groups excluding carboxylic acids is 1. The molecule has 0 radical (unpaired) electrons. The Balaban J connectivity index is 1.40. The lowest BCUT2D eigenvalue weighted by atomic mass is 10.2. The number of anilines is 1. The van der Waals surface area contributed by atoms with E-state index >= 15 is 0 Å². The van der Waals surface area contributed by atoms with Crippen molar-refractivity contribution in [2.24, 2.45) is 0 Å². The van der Waals surface area contributed by atoms with Gasteiger partial charge in [-0.1, -0.05) is 33.3 Å². The molecule has 1 amide bonds. The fourth-order valence-electron chi connectivity index (χ4n) is 2.47. The Bertz CT molecular complexity index is 1100. The number of carbonyl (C=O) groups is 1. The van der Waals surface area contributed by atoms with Gasteiger partial charge in [0, 0.05) is 10.7 Å². The van der Waals surface area contributed by atoms with Crippen molar-refractivity contribution >= 4 is 48.5 Å². The first-order valence-corrected chi connectivity index (χ1v) is 9.78. The van der Waals surface area contributed by atoms with Gasteiger partial charge in [0.25, 0.3) is 5.91 Å². The zero-order valence-corrected chi connectivity index (χ0v) is 16.8. The molecule has 4 rings (SSSR count). The topological polar surface area (TPSA) is 69.0 Å². The van der Waals surface area contributed by atoms with Crippen molar-refractivity contribution in [2.75, 3.05) is 5.32 Å². The molecule has 4 aromatic rings. The van der Waals surface area contributed by atoms with Crippen molar-refractivity contribution in [1.82, 2.24) is 14.8 Å². The number of aryl methyl sites for hydroxylation is 1. The average Bonchev–Trinajstić information content (AvgIpc) is 3.27. The average molecular weight is 443 g/mol. The van der Waals surface area contributed by atoms with E-state index in [9.17, 15) is 4.79 Å². The Morgan fingerprint density at radius 1 is 1.22 bits per heavy atom. The first-order chi connectivity index (χ1) is 13.1. The predicted molar refractivity (Wildman–Crippen MR) is 109 cm³/mol. The van der Waals surface area contributed by atoms with E-state index in [1.807, 2.05) is 43.3 Å². The number of hydrogen-bond donors (Lipinski definition) is 1. The molecule has 0 saturated carbocycles. The van der Waals surface area contributed by atoms with Gasteiger partial charge in [0.05, 0.1) is 10.2 Å². The molecule has 0 aliphatic carbocycles. The Hall–Kier alpha value is -2.71. The molecule has 0 unspecified atom stereocenters. The van der Waals surface area contributed by atoms with Crippen LogP contribution in [0.4, 0.5) is 5.13 Å². The molecule has 2 aromatic heterocycles. The van der Waals surface area contributed by atoms with Crippen LogP contribution in [0.5, 0.6) is 5.75 Å². The maximum Gasteiger partial charge on any atom is 0.277 e. The number of nitrogens with zero attached hydrogens (tertiary/aromatic N) is 3. The number of hydrogen-bond acceptors (Lipinski definition) is 5. The van der Waals surface area contributed by atoms with E-state index in [0.29, 0.717) is 10.8 Å². The smallest absolute Gasteiger partial charge is 0.277 e. The first-order valence-electron chi connectivity index (χ1n) is 8.17. The molecular formula is C19H15BrN4O2S. The molecule has 0 aliphatic heterocycles. The number of halogens is 1. The molecule has 2 aromatic carbocycles. The molecule has 1 N–H and O–H groups in total. The van der Waals surface area contributed by atoms with Crippen LogP contribution in [0.25, 0.3) is 10.2 Å². The molecular weight excluding hydrogens is 428 g/mol. The van der Waals surface area contributed by atoms with Crippen LogP contribution in [0.3, 0.4) is 0 Å². The van der Waals surface area contributed by atoms with Gasteiger partial charge in [-0.25, -0.2) is 9.67 Å². The summed E-state index contributed by atoms with van der Waals surface area (Å²) in [7, 11) is 0. The highest BCUT2D eigenvalue weighted by Crippen LogP contribution is 2.26. The highest BCUT2D eigenvalue weighted by Gasteiger charge is 2.13. The fourth-order valence-corrected chi connectivity index (χ4v) is 3.70. The standard InChI is InChI=1S/C19H15BrN4O2S/c1-12-2-7-15-17(10-12)27-19(21-15)22-18(25)16-8-9-24(23-16)11-26-14-5-3-13(20)4-6-14/h2-10H,11H2,1H3,(H,21,22,25). The van der Waals surface area contributed by atoms with Gasteiger partial charge in [0.1, 0.15) is 5.75 Å². The number of ether oxygens (including phenoxy) is 1. The van der Waals surface area contributed by atoms with E-state index in [1.54, 1.807) is 16.9 Å². The van der Waals surface area contributed by atoms with Gasteiger partial charge in [-0.15, -0.1) is 0 Å². The summed E-state index contributed by atoms with van der Waals surface area (Å²) < 4.78 is 9.24. The number of benzene rings is 2. The summed E-state index contributed by atoms with van der Waals surface area (Å²) in [5.74, 6) is 0.428. The van der Waals surface area contributed by atoms with Gasteiger partial charge >= 0.3 is 0 Å². The molecule has 136 valence electrons. The molecule has 2 heterocycles. The minimum absolute atomic E-state index is 0.218. The third-order valence-corrected chi connectivity index (χ3v) is 5.28. The van der Waals surface area contributed by atoms with Crippen LogP contribution in [0.15, 0.2) is 59.2 Å². The zero-order chi connectivity index (χ0) is 18.8. The lowest BCUT2D eigenvalue weighted by molar-refractivity contribution is 0.102. The lowest BCUT2D eigenvalue weighted by Gasteiger charge is -2.06. The van der Waals surface area contributed by atoms with Crippen LogP contribution < -0.4 is 10.1 Å². The van der Waals surface area contributed by atoms with Gasteiger partial charge in [-0.05, 0) is 55.0 Å². The van der Waals surface area contributed by atoms with Gasteiger partial charge in [-0.3, -0.25) is 10.1 Å². The van der Waals surface area contributed by atoms with Crippen molar-refractivity contribution in [3.63, 3.8) is 0 Å². The maximum atomic E-state index is 12.4. The normalized spacial score (nSPS) is 10.9. The highest BCUT2D eigenvalue weighted by atomic mass is 79.9. The second kappa shape index (κ2) is 7.50. The first kappa shape index (κ1) is 17.7. The minimum atomic E-state index is -0.298. The van der Waals surface area contributed by atoms with Crippen LogP contribution in [0.2, 0.25) is 0 Å². The number of nitrogens with one attached hydrogen (secondary N) is 1. The second-order valence-electron chi connectivity index (χ2n) is 5.91. The van der Waals surface area contributed by atoms with Gasteiger partial charge in [-0.2, -0.15) is 5.10 Å². The number of rotatable bonds is 5. The summed E-state index contributed by atoms with van der Waals surface area (Å²) in [6.07, 6.45) is 1.70. The molecule has 0 fully saturated rings. The SMILES string of the molecule is Cc1ccc2nc(NC(=O)c3ccn(COc4ccc(Br)cc4)n3)sc2c1. The molecule has 0 spiro atoms. The summed E-state index contributed by atoms with van der Waals surface area (Å²) in [5, 5.41) is 7.62. The van der Waals surface area contributed by atoms with E-state index in [0.717, 1.165) is 26.0 Å². The summed E-state index contributed by atoms with van der Waals surface area (Å²) in [4.78, 5) is 16.8. The van der Waals surface area contributed by atoms with Crippen molar-refractivity contribution in [1.29, 1.82) is 0 Å². The maximum absolute atomic E-state index is 12.4. The van der Waals surface area contributed by atoms with E-state index in [4.69, 9.17) is 4.74 Å². The quantitative estimate of drug-likeness (QED) is 0.479. The Morgan fingerprint density at radius 3 is 2.85 bits per heavy atom. The molecule has 0 bridgehead atoms. The van der Waals surface area contributed by atoms with Crippen LogP contribution in [0.1, 0.15) is 16.1 Å². The summed E-state index contributed by atoms with van der Waals surface area (Å²) in [6.45, 7) is 2.25. The highest BCUT2D eigenvalue weighted by molar-refractivity contribution is 9.10. The summed E-state index contributed by atoms with van der Waals surface area (Å²) >= 11 is 4.82. The molecule has 0 aliphatic rings. The number of thiazole rings is 1. The molecule has 27 heavy (non-hydrogen) atoms. The number of amides is 1. The molecule has 0 atom stereocenters. The van der Waals surface area contributed by atoms with Crippen LogP contribution in [0, 0.1) is 6.92 Å². The zero-order valence-electron chi connectivity index (χ0n) is 14.3. The van der Waals surface area contributed by atoms with Crippen molar-refractivity contribution in [3.05, 3.63) is 70.5 Å². The van der Waals surface area contributed by atoms with E-state index in [2.05, 4.69) is 37.4 Å². The van der Waals surface area contributed by atoms with E-state index < -0.39 is 0 Å². The third-order valence-electron chi connectivity index (χ3n) is 3.81. The molecule has 8 heteroatoms. The lowest BCUT2D eigenvalue weighted by Crippen LogP contribution is -2.14. The minimum Gasteiger partial charge on any atom is -0.471 e. The van der Waals surface area contributed by atoms with Gasteiger partial charge in [0.15, 0.2) is 17.6 Å². The van der Waals surface area contributed by atoms with Crippen molar-refractivity contribution < 1.29 is 9.53 Å². The van der Waals surface area contributed by atoms with Crippen LogP contribution in [-0.2, 0) is 6.73 Å². The van der Waals surface area contributed by atoms with Gasteiger partial charge in [0.2, 0.25) is 0 Å². The third kappa shape index (κ3) is 4.17. The number of aromatic nitrogens is 3. The van der Waals surface area contributed by atoms with E-state index in [1.165, 1.54) is 11.3 Å². The van der Waals surface area contributed by atoms with Crippen LogP contribution in [-0.4, -0.2) is 20.7 Å². The molecule has 0 saturated heterocycles. The van der Waals surface area contributed by atoms with Crippen LogP contribution >= 0.6 is 27.3 Å². The van der Waals surface area contributed by atoms with Gasteiger partial charge < -0.3 is 4.74 Å².